The number of carbonyl (C=O) groups is 1. The standard InChI is InChI=1S/C29H35N5O6/c1-36-23-8-6-5-7-22(23)32-9-11-33(12-10-32)28-21(29(35)34-13-15-40-16-14-34)19-30-27(31-28)20-17-24(37-2)26(39-4)25(18-20)38-3/h5-8,17-19H,9-16H2,1-4H3. The van der Waals surface area contributed by atoms with E-state index in [1.54, 1.807) is 39.5 Å². The molecule has 0 radical (unpaired) electrons. The Balaban J connectivity index is 1.50. The molecule has 3 aromatic rings. The van der Waals surface area contributed by atoms with Crippen molar-refractivity contribution in [2.24, 2.45) is 0 Å². The van der Waals surface area contributed by atoms with Crippen LogP contribution in [0.15, 0.2) is 42.6 Å². The fraction of sp³-hybridized carbons (Fsp3) is 0.414. The number of amides is 1. The molecule has 1 amide bonds. The first-order valence-electron chi connectivity index (χ1n) is 13.2. The second-order valence-electron chi connectivity index (χ2n) is 9.40. The number of morpholine rings is 1. The average molecular weight is 550 g/mol. The van der Waals surface area contributed by atoms with Gasteiger partial charge in [0.1, 0.15) is 17.1 Å². The van der Waals surface area contributed by atoms with Crippen molar-refractivity contribution in [3.05, 3.63) is 48.2 Å². The number of carbonyl (C=O) groups excluding carboxylic acids is 1. The summed E-state index contributed by atoms with van der Waals surface area (Å²) in [6.45, 7) is 4.94. The number of hydrogen-bond donors (Lipinski definition) is 0. The van der Waals surface area contributed by atoms with Crippen LogP contribution in [0.1, 0.15) is 10.4 Å². The van der Waals surface area contributed by atoms with Gasteiger partial charge >= 0.3 is 0 Å². The van der Waals surface area contributed by atoms with E-state index in [2.05, 4.69) is 20.9 Å². The molecular formula is C29H35N5O6. The first-order valence-corrected chi connectivity index (χ1v) is 13.2. The third-order valence-electron chi connectivity index (χ3n) is 7.23. The van der Waals surface area contributed by atoms with Gasteiger partial charge in [0, 0.05) is 51.0 Å². The summed E-state index contributed by atoms with van der Waals surface area (Å²) in [6, 6.07) is 11.6. The van der Waals surface area contributed by atoms with Crippen LogP contribution >= 0.6 is 0 Å². The molecule has 0 unspecified atom stereocenters. The van der Waals surface area contributed by atoms with E-state index in [4.69, 9.17) is 28.7 Å². The van der Waals surface area contributed by atoms with E-state index in [0.29, 0.717) is 79.4 Å². The van der Waals surface area contributed by atoms with Gasteiger partial charge in [-0.2, -0.15) is 0 Å². The van der Waals surface area contributed by atoms with Crippen molar-refractivity contribution in [2.75, 3.05) is 90.7 Å². The van der Waals surface area contributed by atoms with Crippen molar-refractivity contribution in [1.82, 2.24) is 14.9 Å². The highest BCUT2D eigenvalue weighted by molar-refractivity contribution is 5.99. The Hall–Kier alpha value is -4.25. The zero-order chi connectivity index (χ0) is 28.1. The number of rotatable bonds is 8. The Kier molecular flexibility index (Phi) is 8.40. The topological polar surface area (TPSA) is 98.7 Å². The van der Waals surface area contributed by atoms with Crippen LogP contribution < -0.4 is 28.7 Å². The number of anilines is 2. The maximum atomic E-state index is 13.6. The minimum absolute atomic E-state index is 0.0955. The van der Waals surface area contributed by atoms with Crippen LogP contribution in [0.3, 0.4) is 0 Å². The second kappa shape index (κ2) is 12.3. The van der Waals surface area contributed by atoms with E-state index in [9.17, 15) is 4.79 Å². The molecule has 1 aromatic heterocycles. The highest BCUT2D eigenvalue weighted by atomic mass is 16.5. The summed E-state index contributed by atoms with van der Waals surface area (Å²) in [5.74, 6) is 3.30. The third-order valence-corrected chi connectivity index (χ3v) is 7.23. The van der Waals surface area contributed by atoms with Crippen LogP contribution in [0.4, 0.5) is 11.5 Å². The van der Waals surface area contributed by atoms with E-state index in [-0.39, 0.29) is 5.91 Å². The lowest BCUT2D eigenvalue weighted by molar-refractivity contribution is 0.0302. The Morgan fingerprint density at radius 1 is 0.800 bits per heavy atom. The lowest BCUT2D eigenvalue weighted by Gasteiger charge is -2.38. The van der Waals surface area contributed by atoms with Gasteiger partial charge in [0.25, 0.3) is 5.91 Å². The van der Waals surface area contributed by atoms with Gasteiger partial charge in [-0.15, -0.1) is 0 Å². The summed E-state index contributed by atoms with van der Waals surface area (Å²) in [4.78, 5) is 29.5. The molecule has 0 saturated carbocycles. The fourth-order valence-electron chi connectivity index (χ4n) is 5.10. The molecule has 3 heterocycles. The molecule has 11 heteroatoms. The first-order chi connectivity index (χ1) is 19.6. The minimum atomic E-state index is -0.0955. The molecule has 0 bridgehead atoms. The van der Waals surface area contributed by atoms with Gasteiger partial charge in [-0.25, -0.2) is 9.97 Å². The van der Waals surface area contributed by atoms with Gasteiger partial charge in [0.05, 0.1) is 47.3 Å². The van der Waals surface area contributed by atoms with E-state index in [1.807, 2.05) is 30.3 Å². The van der Waals surface area contributed by atoms with Gasteiger partial charge < -0.3 is 38.4 Å². The Morgan fingerprint density at radius 3 is 2.05 bits per heavy atom. The van der Waals surface area contributed by atoms with Gasteiger partial charge in [-0.1, -0.05) is 12.1 Å². The van der Waals surface area contributed by atoms with Gasteiger partial charge in [-0.05, 0) is 24.3 Å². The highest BCUT2D eigenvalue weighted by Crippen LogP contribution is 2.41. The van der Waals surface area contributed by atoms with E-state index < -0.39 is 0 Å². The Morgan fingerprint density at radius 2 is 1.43 bits per heavy atom. The summed E-state index contributed by atoms with van der Waals surface area (Å²) in [6.07, 6.45) is 1.63. The normalized spacial score (nSPS) is 15.6. The van der Waals surface area contributed by atoms with Crippen molar-refractivity contribution in [3.63, 3.8) is 0 Å². The Labute approximate surface area is 234 Å². The molecule has 0 N–H and O–H groups in total. The SMILES string of the molecule is COc1ccccc1N1CCN(c2nc(-c3cc(OC)c(OC)c(OC)c3)ncc2C(=O)N2CCOCC2)CC1. The van der Waals surface area contributed by atoms with Gasteiger partial charge in [-0.3, -0.25) is 4.79 Å². The van der Waals surface area contributed by atoms with Crippen LogP contribution in [-0.2, 0) is 4.74 Å². The van der Waals surface area contributed by atoms with Crippen molar-refractivity contribution in [3.8, 4) is 34.4 Å². The molecular weight excluding hydrogens is 514 g/mol. The predicted octanol–water partition coefficient (Wildman–Crippen LogP) is 2.98. The molecule has 2 fully saturated rings. The molecule has 212 valence electrons. The van der Waals surface area contributed by atoms with E-state index >= 15 is 0 Å². The lowest BCUT2D eigenvalue weighted by Crippen LogP contribution is -2.48. The predicted molar refractivity (Wildman–Crippen MR) is 151 cm³/mol. The van der Waals surface area contributed by atoms with Gasteiger partial charge in [0.15, 0.2) is 17.3 Å². The first kappa shape index (κ1) is 27.3. The lowest BCUT2D eigenvalue weighted by atomic mass is 10.1. The van der Waals surface area contributed by atoms with Crippen LogP contribution in [0, 0.1) is 0 Å². The van der Waals surface area contributed by atoms with Crippen molar-refractivity contribution in [2.45, 2.75) is 0 Å². The number of nitrogens with zero attached hydrogens (tertiary/aromatic N) is 5. The summed E-state index contributed by atoms with van der Waals surface area (Å²) >= 11 is 0. The van der Waals surface area contributed by atoms with Gasteiger partial charge in [0.2, 0.25) is 5.75 Å². The molecule has 0 spiro atoms. The zero-order valence-electron chi connectivity index (χ0n) is 23.4. The van der Waals surface area contributed by atoms with Crippen LogP contribution in [0.25, 0.3) is 11.4 Å². The minimum Gasteiger partial charge on any atom is -0.495 e. The molecule has 11 nitrogen and oxygen atoms in total. The van der Waals surface area contributed by atoms with Crippen molar-refractivity contribution in [1.29, 1.82) is 0 Å². The maximum absolute atomic E-state index is 13.6. The monoisotopic (exact) mass is 549 g/mol. The molecule has 2 saturated heterocycles. The summed E-state index contributed by atoms with van der Waals surface area (Å²) in [5, 5.41) is 0. The molecule has 2 aromatic carbocycles. The molecule has 0 atom stereocenters. The number of hydrogen-bond acceptors (Lipinski definition) is 10. The number of ether oxygens (including phenoxy) is 5. The smallest absolute Gasteiger partial charge is 0.259 e. The number of methoxy groups -OCH3 is 4. The highest BCUT2D eigenvalue weighted by Gasteiger charge is 2.29. The summed E-state index contributed by atoms with van der Waals surface area (Å²) < 4.78 is 27.6. The van der Waals surface area contributed by atoms with E-state index in [0.717, 1.165) is 24.5 Å². The summed E-state index contributed by atoms with van der Waals surface area (Å²) in [5.41, 5.74) is 2.22. The number of para-hydroxylation sites is 2. The number of piperazine rings is 1. The van der Waals surface area contributed by atoms with Crippen LogP contribution in [-0.4, -0.2) is 102 Å². The van der Waals surface area contributed by atoms with Crippen molar-refractivity contribution >= 4 is 17.4 Å². The molecule has 2 aliphatic rings. The van der Waals surface area contributed by atoms with E-state index in [1.165, 1.54) is 0 Å². The second-order valence-corrected chi connectivity index (χ2v) is 9.40. The average Bonchev–Trinajstić information content (AvgIpc) is 3.03. The molecule has 5 rings (SSSR count). The quantitative estimate of drug-likeness (QED) is 0.417. The maximum Gasteiger partial charge on any atom is 0.259 e. The molecule has 0 aliphatic carbocycles. The fourth-order valence-corrected chi connectivity index (χ4v) is 5.10. The van der Waals surface area contributed by atoms with Crippen LogP contribution in [0.5, 0.6) is 23.0 Å². The molecule has 40 heavy (non-hydrogen) atoms. The van der Waals surface area contributed by atoms with Crippen LogP contribution in [0.2, 0.25) is 0 Å². The molecule has 2 aliphatic heterocycles. The number of aromatic nitrogens is 2. The van der Waals surface area contributed by atoms with Crippen molar-refractivity contribution < 1.29 is 28.5 Å². The third kappa shape index (κ3) is 5.42. The largest absolute Gasteiger partial charge is 0.495 e. The Bertz CT molecular complexity index is 1310. The summed E-state index contributed by atoms with van der Waals surface area (Å²) in [7, 11) is 6.38. The zero-order valence-corrected chi connectivity index (χ0v) is 23.4. The number of benzene rings is 2.